The molecule has 5 rings (SSSR count). The molecule has 2 unspecified atom stereocenters. The molecule has 3 N–H and O–H groups in total. The summed E-state index contributed by atoms with van der Waals surface area (Å²) in [6, 6.07) is 42.9. The number of aliphatic hydroxyl groups is 1. The lowest BCUT2D eigenvalue weighted by Crippen LogP contribution is -2.52. The van der Waals surface area contributed by atoms with Crippen molar-refractivity contribution in [2.75, 3.05) is 111 Å². The van der Waals surface area contributed by atoms with Crippen molar-refractivity contribution in [2.24, 2.45) is 0 Å². The lowest BCUT2D eigenvalue weighted by atomic mass is 9.80. The number of hydrogen-bond acceptors (Lipinski definition) is 12. The average molecular weight is 1030 g/mol. The summed E-state index contributed by atoms with van der Waals surface area (Å²) in [5.41, 5.74) is 5.47. The van der Waals surface area contributed by atoms with Gasteiger partial charge in [0, 0.05) is 87.7 Å². The Bertz CT molecular complexity index is 2450. The molecular formula is C62H88N6O7. The van der Waals surface area contributed by atoms with E-state index in [9.17, 15) is 19.2 Å². The Labute approximate surface area is 449 Å². The standard InChI is InChI=1S/C25H34N2O3.C23H32N2O2.C14H22N2O2/c1-6-25(26(3)4,19-21-11-8-7-9-12-21)24(29)22-13-15-23(16-14-22)27(20(2)28)17-10-18-30-5;1-5-23(25(2)3,18-19-10-7-6-8-11-19)22(26)20-12-14-21(15-13-20)24-16-9-17-27-4;1-14(2,16(3)4)13(18)11-5-7-12(8-6-11)15-9-10-17/h7-9,11-16H,6,10,17-19H2,1-5H3;6-8,10-15,24H,5,9,16-18H2,1-4H3;5-8,15,17H,9-10H2,1-4H3. The maximum Gasteiger partial charge on any atom is 0.223 e. The summed E-state index contributed by atoms with van der Waals surface area (Å²) in [7, 11) is 15.1. The van der Waals surface area contributed by atoms with Gasteiger partial charge in [0.25, 0.3) is 0 Å². The summed E-state index contributed by atoms with van der Waals surface area (Å²) in [5.74, 6) is 0.343. The van der Waals surface area contributed by atoms with E-state index in [0.29, 0.717) is 50.1 Å². The molecular weight excluding hydrogens is 941 g/mol. The highest BCUT2D eigenvalue weighted by atomic mass is 16.5. The van der Waals surface area contributed by atoms with Crippen LogP contribution in [0.3, 0.4) is 0 Å². The fourth-order valence-electron chi connectivity index (χ4n) is 8.80. The van der Waals surface area contributed by atoms with Crippen molar-refractivity contribution in [1.82, 2.24) is 14.7 Å². The number of nitrogens with zero attached hydrogens (tertiary/aromatic N) is 4. The van der Waals surface area contributed by atoms with Gasteiger partial charge in [-0.25, -0.2) is 0 Å². The summed E-state index contributed by atoms with van der Waals surface area (Å²) in [4.78, 5) is 59.2. The molecule has 75 heavy (non-hydrogen) atoms. The maximum absolute atomic E-state index is 13.6. The van der Waals surface area contributed by atoms with E-state index in [4.69, 9.17) is 14.6 Å². The molecule has 13 nitrogen and oxygen atoms in total. The van der Waals surface area contributed by atoms with Crippen molar-refractivity contribution in [1.29, 1.82) is 0 Å². The van der Waals surface area contributed by atoms with Crippen LogP contribution in [-0.4, -0.2) is 156 Å². The van der Waals surface area contributed by atoms with E-state index >= 15 is 0 Å². The minimum atomic E-state index is -0.623. The number of hydrogen-bond donors (Lipinski definition) is 3. The molecule has 1 amide bonds. The first-order valence-electron chi connectivity index (χ1n) is 26.2. The Morgan fingerprint density at radius 3 is 1.27 bits per heavy atom. The molecule has 0 saturated heterocycles. The van der Waals surface area contributed by atoms with E-state index in [0.717, 1.165) is 60.6 Å². The number of amides is 1. The molecule has 0 aliphatic carbocycles. The van der Waals surface area contributed by atoms with Crippen LogP contribution in [0.25, 0.3) is 0 Å². The van der Waals surface area contributed by atoms with E-state index in [1.807, 2.05) is 175 Å². The minimum absolute atomic E-state index is 0.0227. The molecule has 2 atom stereocenters. The molecule has 0 aromatic heterocycles. The van der Waals surface area contributed by atoms with Crippen LogP contribution in [0.5, 0.6) is 0 Å². The van der Waals surface area contributed by atoms with Crippen LogP contribution in [0.4, 0.5) is 17.1 Å². The number of anilines is 3. The van der Waals surface area contributed by atoms with E-state index in [-0.39, 0.29) is 29.9 Å². The Hall–Kier alpha value is -6.06. The lowest BCUT2D eigenvalue weighted by molar-refractivity contribution is -0.116. The van der Waals surface area contributed by atoms with Gasteiger partial charge in [-0.3, -0.25) is 33.9 Å². The molecule has 0 spiro atoms. The zero-order valence-electron chi connectivity index (χ0n) is 47.4. The zero-order chi connectivity index (χ0) is 55.6. The fourth-order valence-corrected chi connectivity index (χ4v) is 8.80. The first-order chi connectivity index (χ1) is 35.8. The number of carbonyl (C=O) groups excluding carboxylic acids is 4. The number of benzene rings is 5. The van der Waals surface area contributed by atoms with Crippen molar-refractivity contribution in [3.8, 4) is 0 Å². The van der Waals surface area contributed by atoms with Gasteiger partial charge in [-0.05, 0) is 179 Å². The fraction of sp³-hybridized carbons (Fsp3) is 0.452. The molecule has 0 heterocycles. The first-order valence-corrected chi connectivity index (χ1v) is 26.2. The number of ketones is 3. The zero-order valence-corrected chi connectivity index (χ0v) is 47.4. The average Bonchev–Trinajstić information content (AvgIpc) is 3.41. The third kappa shape index (κ3) is 18.3. The highest BCUT2D eigenvalue weighted by Gasteiger charge is 2.41. The molecule has 0 aliphatic rings. The molecule has 0 fully saturated rings. The summed E-state index contributed by atoms with van der Waals surface area (Å²) in [6.45, 7) is 12.9. The van der Waals surface area contributed by atoms with Crippen LogP contribution in [0.15, 0.2) is 133 Å². The normalized spacial score (nSPS) is 12.9. The Morgan fingerprint density at radius 1 is 0.520 bits per heavy atom. The van der Waals surface area contributed by atoms with E-state index in [1.54, 1.807) is 26.0 Å². The second-order valence-corrected chi connectivity index (χ2v) is 20.0. The van der Waals surface area contributed by atoms with Crippen LogP contribution in [0.1, 0.15) is 103 Å². The van der Waals surface area contributed by atoms with Crippen LogP contribution in [-0.2, 0) is 27.1 Å². The van der Waals surface area contributed by atoms with Crippen molar-refractivity contribution in [3.63, 3.8) is 0 Å². The molecule has 0 saturated carbocycles. The van der Waals surface area contributed by atoms with Gasteiger partial charge < -0.3 is 30.1 Å². The number of ether oxygens (including phenoxy) is 2. The molecule has 408 valence electrons. The van der Waals surface area contributed by atoms with Crippen LogP contribution in [0.2, 0.25) is 0 Å². The Morgan fingerprint density at radius 2 is 0.907 bits per heavy atom. The first kappa shape index (κ1) is 63.2. The highest BCUT2D eigenvalue weighted by Crippen LogP contribution is 2.30. The van der Waals surface area contributed by atoms with Crippen LogP contribution in [0, 0.1) is 0 Å². The molecule has 13 heteroatoms. The number of Topliss-reactive ketones (excluding diaryl/α,β-unsaturated/α-hetero) is 3. The second-order valence-electron chi connectivity index (χ2n) is 20.0. The van der Waals surface area contributed by atoms with Crippen molar-refractivity contribution in [3.05, 3.63) is 161 Å². The van der Waals surface area contributed by atoms with Gasteiger partial charge in [0.15, 0.2) is 17.3 Å². The highest BCUT2D eigenvalue weighted by molar-refractivity contribution is 6.05. The monoisotopic (exact) mass is 1030 g/mol. The third-order valence-corrected chi connectivity index (χ3v) is 14.2. The van der Waals surface area contributed by atoms with Crippen LogP contribution < -0.4 is 15.5 Å². The quantitative estimate of drug-likeness (QED) is 0.0324. The van der Waals surface area contributed by atoms with E-state index in [2.05, 4.69) is 53.6 Å². The summed E-state index contributed by atoms with van der Waals surface area (Å²) in [6.07, 6.45) is 4.51. The number of rotatable bonds is 28. The van der Waals surface area contributed by atoms with Gasteiger partial charge in [-0.2, -0.15) is 0 Å². The molecule has 0 aliphatic heterocycles. The van der Waals surface area contributed by atoms with Crippen molar-refractivity contribution < 1.29 is 33.8 Å². The molecule has 0 bridgehead atoms. The van der Waals surface area contributed by atoms with E-state index < -0.39 is 16.6 Å². The Balaban J connectivity index is 0.000000306. The topological polar surface area (TPSA) is 144 Å². The lowest BCUT2D eigenvalue weighted by Gasteiger charge is -2.38. The molecule has 0 radical (unpaired) electrons. The summed E-state index contributed by atoms with van der Waals surface area (Å²) >= 11 is 0. The van der Waals surface area contributed by atoms with Gasteiger partial charge in [0.1, 0.15) is 0 Å². The number of nitrogens with one attached hydrogen (secondary N) is 2. The van der Waals surface area contributed by atoms with Gasteiger partial charge >= 0.3 is 0 Å². The number of aliphatic hydroxyl groups excluding tert-OH is 1. The summed E-state index contributed by atoms with van der Waals surface area (Å²) in [5, 5.41) is 15.1. The van der Waals surface area contributed by atoms with Gasteiger partial charge in [-0.15, -0.1) is 0 Å². The maximum atomic E-state index is 13.6. The van der Waals surface area contributed by atoms with Crippen molar-refractivity contribution >= 4 is 40.3 Å². The molecule has 5 aromatic carbocycles. The smallest absolute Gasteiger partial charge is 0.223 e. The number of carbonyl (C=O) groups is 4. The molecule has 5 aromatic rings. The predicted octanol–water partition coefficient (Wildman–Crippen LogP) is 10.1. The van der Waals surface area contributed by atoms with Crippen molar-refractivity contribution in [2.45, 2.75) is 89.8 Å². The largest absolute Gasteiger partial charge is 0.395 e. The van der Waals surface area contributed by atoms with Gasteiger partial charge in [-0.1, -0.05) is 74.5 Å². The SMILES string of the molecule is CCC(Cc1ccccc1)(C(=O)c1ccc(N(CCCOC)C(C)=O)cc1)N(C)C.CCC(Cc1ccccc1)(C(=O)c1ccc(NCCCOC)cc1)N(C)C.CN(C)C(C)(C)C(=O)c1ccc(NCCO)cc1. The Kier molecular flexibility index (Phi) is 26.8. The van der Waals surface area contributed by atoms with E-state index in [1.165, 1.54) is 5.56 Å². The number of methoxy groups -OCH3 is 2. The second kappa shape index (κ2) is 31.7. The summed E-state index contributed by atoms with van der Waals surface area (Å²) < 4.78 is 10.2. The van der Waals surface area contributed by atoms with Gasteiger partial charge in [0.2, 0.25) is 5.91 Å². The van der Waals surface area contributed by atoms with Gasteiger partial charge in [0.05, 0.1) is 23.2 Å². The predicted molar refractivity (Wildman–Crippen MR) is 309 cm³/mol. The minimum Gasteiger partial charge on any atom is -0.395 e. The number of likely N-dealkylation sites (N-methyl/N-ethyl adjacent to an activating group) is 3. The van der Waals surface area contributed by atoms with Crippen LogP contribution >= 0.6 is 0 Å². The third-order valence-electron chi connectivity index (χ3n) is 14.2.